The molecule has 150 valence electrons. The number of carbonyl (C=O) groups is 1. The molecule has 7 heteroatoms. The van der Waals surface area contributed by atoms with Crippen molar-refractivity contribution >= 4 is 29.8 Å². The van der Waals surface area contributed by atoms with E-state index in [1.54, 1.807) is 12.1 Å². The fraction of sp³-hybridized carbons (Fsp3) is 0.381. The molecule has 0 radical (unpaired) electrons. The fourth-order valence-corrected chi connectivity index (χ4v) is 3.88. The van der Waals surface area contributed by atoms with Crippen LogP contribution in [0.5, 0.6) is 0 Å². The molecule has 2 aromatic carbocycles. The van der Waals surface area contributed by atoms with E-state index >= 15 is 0 Å². The summed E-state index contributed by atoms with van der Waals surface area (Å²) in [5.74, 6) is -0.264. The number of anilines is 2. The van der Waals surface area contributed by atoms with E-state index in [1.807, 2.05) is 28.9 Å². The molecular weight excluding hydrogens is 379 g/mol. The van der Waals surface area contributed by atoms with Crippen LogP contribution in [0.2, 0.25) is 0 Å². The molecule has 1 N–H and O–H groups in total. The van der Waals surface area contributed by atoms with Gasteiger partial charge in [0.1, 0.15) is 5.82 Å². The zero-order valence-corrected chi connectivity index (χ0v) is 16.8. The van der Waals surface area contributed by atoms with Gasteiger partial charge in [-0.3, -0.25) is 4.90 Å². The van der Waals surface area contributed by atoms with E-state index < -0.39 is 0 Å². The van der Waals surface area contributed by atoms with Crippen LogP contribution in [0.15, 0.2) is 42.5 Å². The molecule has 2 aliphatic rings. The summed E-state index contributed by atoms with van der Waals surface area (Å²) in [4.78, 5) is 19.1. The third kappa shape index (κ3) is 3.93. The second-order valence-electron chi connectivity index (χ2n) is 7.02. The molecule has 2 aromatic rings. The highest BCUT2D eigenvalue weighted by Crippen LogP contribution is 2.36. The van der Waals surface area contributed by atoms with Gasteiger partial charge in [-0.1, -0.05) is 18.2 Å². The number of urea groups is 1. The van der Waals surface area contributed by atoms with Gasteiger partial charge in [0, 0.05) is 44.0 Å². The van der Waals surface area contributed by atoms with Crippen LogP contribution >= 0.6 is 12.4 Å². The molecule has 0 saturated carbocycles. The summed E-state index contributed by atoms with van der Waals surface area (Å²) in [6.45, 7) is 7.61. The first-order valence-electron chi connectivity index (χ1n) is 9.56. The number of benzene rings is 2. The smallest absolute Gasteiger partial charge is 0.325 e. The molecule has 0 bridgehead atoms. The van der Waals surface area contributed by atoms with Gasteiger partial charge in [-0.15, -0.1) is 12.4 Å². The Hall–Kier alpha value is -2.31. The number of nitrogens with zero attached hydrogens (tertiary/aromatic N) is 3. The number of fused-ring (bicyclic) bond motifs is 1. The maximum Gasteiger partial charge on any atom is 0.325 e. The Labute approximate surface area is 171 Å². The Morgan fingerprint density at radius 1 is 1.04 bits per heavy atom. The van der Waals surface area contributed by atoms with E-state index in [0.29, 0.717) is 19.6 Å². The zero-order chi connectivity index (χ0) is 18.8. The molecule has 2 amide bonds. The van der Waals surface area contributed by atoms with E-state index in [1.165, 1.54) is 23.4 Å². The zero-order valence-electron chi connectivity index (χ0n) is 16.0. The number of hydrogen-bond donors (Lipinski definition) is 1. The van der Waals surface area contributed by atoms with Crippen LogP contribution in [0.4, 0.5) is 20.6 Å². The molecule has 0 aliphatic carbocycles. The highest BCUT2D eigenvalue weighted by molar-refractivity contribution is 5.96. The number of amides is 2. The quantitative estimate of drug-likeness (QED) is 0.845. The van der Waals surface area contributed by atoms with Crippen molar-refractivity contribution < 1.29 is 9.18 Å². The second-order valence-corrected chi connectivity index (χ2v) is 7.02. The monoisotopic (exact) mass is 404 g/mol. The maximum absolute atomic E-state index is 13.3. The van der Waals surface area contributed by atoms with Gasteiger partial charge in [0.2, 0.25) is 0 Å². The van der Waals surface area contributed by atoms with Crippen molar-refractivity contribution in [2.75, 3.05) is 42.5 Å². The lowest BCUT2D eigenvalue weighted by molar-refractivity contribution is 0.201. The van der Waals surface area contributed by atoms with Gasteiger partial charge in [-0.25, -0.2) is 9.18 Å². The minimum atomic E-state index is -0.264. The van der Waals surface area contributed by atoms with Crippen LogP contribution in [0, 0.1) is 5.82 Å². The van der Waals surface area contributed by atoms with E-state index in [4.69, 9.17) is 0 Å². The Kier molecular flexibility index (Phi) is 6.42. The van der Waals surface area contributed by atoms with Crippen molar-refractivity contribution in [3.05, 3.63) is 59.4 Å². The molecule has 0 aromatic heterocycles. The van der Waals surface area contributed by atoms with Gasteiger partial charge in [-0.2, -0.15) is 0 Å². The molecule has 1 fully saturated rings. The molecule has 0 spiro atoms. The van der Waals surface area contributed by atoms with Crippen LogP contribution in [0.1, 0.15) is 18.1 Å². The van der Waals surface area contributed by atoms with Gasteiger partial charge < -0.3 is 15.1 Å². The van der Waals surface area contributed by atoms with Gasteiger partial charge in [0.15, 0.2) is 0 Å². The van der Waals surface area contributed by atoms with Gasteiger partial charge in [0.05, 0.1) is 18.8 Å². The lowest BCUT2D eigenvalue weighted by Gasteiger charge is -2.40. The van der Waals surface area contributed by atoms with Crippen molar-refractivity contribution in [3.8, 4) is 0 Å². The minimum absolute atomic E-state index is 0. The third-order valence-electron chi connectivity index (χ3n) is 5.36. The van der Waals surface area contributed by atoms with Crippen molar-refractivity contribution in [2.45, 2.75) is 20.0 Å². The van der Waals surface area contributed by atoms with E-state index in [-0.39, 0.29) is 24.3 Å². The number of carbonyl (C=O) groups excluding carboxylic acids is 1. The van der Waals surface area contributed by atoms with Crippen molar-refractivity contribution in [3.63, 3.8) is 0 Å². The maximum atomic E-state index is 13.3. The predicted molar refractivity (Wildman–Crippen MR) is 113 cm³/mol. The molecule has 5 nitrogen and oxygen atoms in total. The molecular formula is C21H26ClFN4O. The van der Waals surface area contributed by atoms with Gasteiger partial charge in [0.25, 0.3) is 0 Å². The van der Waals surface area contributed by atoms with E-state index in [0.717, 1.165) is 37.4 Å². The van der Waals surface area contributed by atoms with Gasteiger partial charge >= 0.3 is 6.03 Å². The Morgan fingerprint density at radius 2 is 1.71 bits per heavy atom. The summed E-state index contributed by atoms with van der Waals surface area (Å²) in [5.41, 5.74) is 4.29. The average molecular weight is 405 g/mol. The number of hydrogen-bond acceptors (Lipinski definition) is 3. The number of halogens is 2. The molecule has 1 saturated heterocycles. The molecule has 28 heavy (non-hydrogen) atoms. The van der Waals surface area contributed by atoms with Crippen LogP contribution in [0.25, 0.3) is 0 Å². The van der Waals surface area contributed by atoms with Crippen molar-refractivity contribution in [1.82, 2.24) is 10.2 Å². The van der Waals surface area contributed by atoms with Crippen LogP contribution < -0.4 is 15.1 Å². The van der Waals surface area contributed by atoms with Crippen LogP contribution in [-0.4, -0.2) is 43.7 Å². The summed E-state index contributed by atoms with van der Waals surface area (Å²) in [7, 11) is 0. The largest absolute Gasteiger partial charge is 0.369 e. The van der Waals surface area contributed by atoms with Crippen molar-refractivity contribution in [1.29, 1.82) is 0 Å². The third-order valence-corrected chi connectivity index (χ3v) is 5.36. The Morgan fingerprint density at radius 3 is 2.39 bits per heavy atom. The first kappa shape index (κ1) is 20.4. The van der Waals surface area contributed by atoms with Crippen molar-refractivity contribution in [2.24, 2.45) is 0 Å². The van der Waals surface area contributed by atoms with E-state index in [9.17, 15) is 9.18 Å². The van der Waals surface area contributed by atoms with Crippen LogP contribution in [0.3, 0.4) is 0 Å². The standard InChI is InChI=1S/C21H25FN4O.ClH/c1-2-24-15-18-19(25-12-10-23-11-13-25)4-3-5-20(18)26(21(24)27)14-16-6-8-17(22)9-7-16;/h3-9,23H,2,10-15H2,1H3;1H. The second kappa shape index (κ2) is 8.80. The summed E-state index contributed by atoms with van der Waals surface area (Å²) < 4.78 is 13.3. The normalized spacial score (nSPS) is 16.6. The molecule has 0 unspecified atom stereocenters. The topological polar surface area (TPSA) is 38.8 Å². The summed E-state index contributed by atoms with van der Waals surface area (Å²) in [5, 5.41) is 3.39. The fourth-order valence-electron chi connectivity index (χ4n) is 3.88. The first-order valence-corrected chi connectivity index (χ1v) is 9.56. The lowest BCUT2D eigenvalue weighted by Crippen LogP contribution is -2.48. The SMILES string of the molecule is CCN1Cc2c(N3CCNCC3)cccc2N(Cc2ccc(F)cc2)C1=O.Cl. The highest BCUT2D eigenvalue weighted by Gasteiger charge is 2.32. The summed E-state index contributed by atoms with van der Waals surface area (Å²) in [6.07, 6.45) is 0. The van der Waals surface area contributed by atoms with Crippen LogP contribution in [-0.2, 0) is 13.1 Å². The molecule has 2 aliphatic heterocycles. The molecule has 2 heterocycles. The first-order chi connectivity index (χ1) is 13.2. The number of piperazine rings is 1. The van der Waals surface area contributed by atoms with Gasteiger partial charge in [-0.05, 0) is 36.8 Å². The highest BCUT2D eigenvalue weighted by atomic mass is 35.5. The Balaban J connectivity index is 0.00000225. The average Bonchev–Trinajstić information content (AvgIpc) is 2.71. The number of rotatable bonds is 4. The van der Waals surface area contributed by atoms with E-state index in [2.05, 4.69) is 16.3 Å². The molecule has 0 atom stereocenters. The molecule has 4 rings (SSSR count). The predicted octanol–water partition coefficient (Wildman–Crippen LogP) is 3.62. The summed E-state index contributed by atoms with van der Waals surface area (Å²) >= 11 is 0. The lowest BCUT2D eigenvalue weighted by atomic mass is 10.0. The minimum Gasteiger partial charge on any atom is -0.369 e. The summed E-state index contributed by atoms with van der Waals surface area (Å²) in [6, 6.07) is 12.6. The number of nitrogens with one attached hydrogen (secondary N) is 1. The Bertz CT molecular complexity index is 824.